The van der Waals surface area contributed by atoms with Gasteiger partial charge in [-0.05, 0) is 11.5 Å². The molecule has 0 heterocycles. The van der Waals surface area contributed by atoms with Gasteiger partial charge in [-0.3, -0.25) is 4.79 Å². The number of aliphatic carboxylic acids is 2. The number of hydrogen-bond acceptors (Lipinski definition) is 3. The summed E-state index contributed by atoms with van der Waals surface area (Å²) in [6, 6.07) is 13.3. The Morgan fingerprint density at radius 3 is 2.26 bits per heavy atom. The molecule has 0 saturated heterocycles. The third-order valence-electron chi connectivity index (χ3n) is 2.10. The fourth-order valence-corrected chi connectivity index (χ4v) is 1.46. The van der Waals surface area contributed by atoms with E-state index in [-0.39, 0.29) is 6.61 Å². The number of hydrogen-bond donors (Lipinski definition) is 2. The molecule has 100 valence electrons. The first-order valence-corrected chi connectivity index (χ1v) is 5.52. The molecule has 0 saturated carbocycles. The molecule has 5 nitrogen and oxygen atoms in total. The second-order valence-electron chi connectivity index (χ2n) is 3.68. The highest BCUT2D eigenvalue weighted by atomic mass is 16.5. The van der Waals surface area contributed by atoms with Crippen molar-refractivity contribution in [2.75, 3.05) is 6.61 Å². The molecule has 19 heavy (non-hydrogen) atoms. The molecular formula is C14H14O5. The van der Waals surface area contributed by atoms with Crippen LogP contribution in [0.5, 0.6) is 5.75 Å². The molecule has 0 aliphatic heterocycles. The summed E-state index contributed by atoms with van der Waals surface area (Å²) in [6.45, 7) is 0.772. The monoisotopic (exact) mass is 262 g/mol. The zero-order valence-corrected chi connectivity index (χ0v) is 10.4. The van der Waals surface area contributed by atoms with Crippen molar-refractivity contribution in [1.82, 2.24) is 0 Å². The van der Waals surface area contributed by atoms with E-state index in [4.69, 9.17) is 19.7 Å². The first-order chi connectivity index (χ1) is 9.00. The van der Waals surface area contributed by atoms with E-state index in [9.17, 15) is 4.79 Å². The van der Waals surface area contributed by atoms with Crippen LogP contribution < -0.4 is 4.74 Å². The Morgan fingerprint density at radius 1 is 1.05 bits per heavy atom. The van der Waals surface area contributed by atoms with E-state index >= 15 is 0 Å². The lowest BCUT2D eigenvalue weighted by molar-refractivity contribution is -0.139. The fourth-order valence-electron chi connectivity index (χ4n) is 1.46. The van der Waals surface area contributed by atoms with Crippen LogP contribution >= 0.6 is 0 Å². The van der Waals surface area contributed by atoms with Crippen molar-refractivity contribution in [1.29, 1.82) is 0 Å². The van der Waals surface area contributed by atoms with E-state index in [1.807, 2.05) is 36.4 Å². The largest absolute Gasteiger partial charge is 0.481 e. The van der Waals surface area contributed by atoms with Gasteiger partial charge in [0.2, 0.25) is 0 Å². The molecule has 0 radical (unpaired) electrons. The van der Waals surface area contributed by atoms with Crippen molar-refractivity contribution in [2.45, 2.75) is 6.92 Å². The Balaban J connectivity index is 0.000000399. The second-order valence-corrected chi connectivity index (χ2v) is 3.68. The van der Waals surface area contributed by atoms with Crippen LogP contribution in [-0.4, -0.2) is 28.8 Å². The minimum absolute atomic E-state index is 0.312. The summed E-state index contributed by atoms with van der Waals surface area (Å²) in [5, 5.41) is 17.9. The summed E-state index contributed by atoms with van der Waals surface area (Å²) >= 11 is 0. The molecular weight excluding hydrogens is 248 g/mol. The third-order valence-corrected chi connectivity index (χ3v) is 2.10. The Labute approximate surface area is 110 Å². The number of benzene rings is 2. The third kappa shape index (κ3) is 5.08. The fraction of sp³-hybridized carbons (Fsp3) is 0.143. The van der Waals surface area contributed by atoms with Gasteiger partial charge in [0.15, 0.2) is 6.61 Å². The first-order valence-electron chi connectivity index (χ1n) is 5.52. The summed E-state index contributed by atoms with van der Waals surface area (Å²) in [4.78, 5) is 19.4. The van der Waals surface area contributed by atoms with Gasteiger partial charge < -0.3 is 14.9 Å². The van der Waals surface area contributed by atoms with Crippen molar-refractivity contribution in [3.8, 4) is 5.75 Å². The molecule has 0 aliphatic carbocycles. The highest BCUT2D eigenvalue weighted by Crippen LogP contribution is 2.24. The molecule has 0 atom stereocenters. The molecule has 2 aromatic carbocycles. The van der Waals surface area contributed by atoms with Crippen LogP contribution in [0.3, 0.4) is 0 Å². The van der Waals surface area contributed by atoms with Gasteiger partial charge in [0, 0.05) is 12.3 Å². The number of carboxylic acid groups (broad SMARTS) is 2. The second kappa shape index (κ2) is 7.00. The Bertz CT molecular complexity index is 568. The maximum atomic E-state index is 10.4. The van der Waals surface area contributed by atoms with Gasteiger partial charge in [0.25, 0.3) is 5.97 Å². The molecule has 5 heteroatoms. The topological polar surface area (TPSA) is 83.8 Å². The molecule has 2 N–H and O–H groups in total. The van der Waals surface area contributed by atoms with Crippen LogP contribution in [0, 0.1) is 0 Å². The van der Waals surface area contributed by atoms with Crippen LogP contribution in [0.1, 0.15) is 6.92 Å². The van der Waals surface area contributed by atoms with Crippen LogP contribution in [0.4, 0.5) is 0 Å². The minimum atomic E-state index is -0.970. The maximum absolute atomic E-state index is 10.4. The average Bonchev–Trinajstić information content (AvgIpc) is 2.35. The average molecular weight is 262 g/mol. The summed E-state index contributed by atoms with van der Waals surface area (Å²) in [7, 11) is 0. The smallest absolute Gasteiger partial charge is 0.341 e. The summed E-state index contributed by atoms with van der Waals surface area (Å²) in [6.07, 6.45) is 0. The number of ether oxygens (including phenoxy) is 1. The Morgan fingerprint density at radius 2 is 1.63 bits per heavy atom. The van der Waals surface area contributed by atoms with Crippen LogP contribution in [0.15, 0.2) is 42.5 Å². The molecule has 0 spiro atoms. The zero-order chi connectivity index (χ0) is 14.3. The summed E-state index contributed by atoms with van der Waals surface area (Å²) in [5.74, 6) is -1.20. The lowest BCUT2D eigenvalue weighted by atomic mass is 10.1. The lowest BCUT2D eigenvalue weighted by Gasteiger charge is -2.06. The first kappa shape index (κ1) is 14.5. The predicted octanol–water partition coefficient (Wildman–Crippen LogP) is 2.39. The zero-order valence-electron chi connectivity index (χ0n) is 10.4. The molecule has 0 bridgehead atoms. The standard InChI is InChI=1S/C12H10O3.C2H4O2/c13-12(14)8-15-11-7-3-5-9-4-1-2-6-10(9)11;1-2(3)4/h1-7H,8H2,(H,13,14);1H3,(H,3,4). The lowest BCUT2D eigenvalue weighted by Crippen LogP contribution is -2.09. The van der Waals surface area contributed by atoms with Gasteiger partial charge in [-0.15, -0.1) is 0 Å². The molecule has 0 fully saturated rings. The van der Waals surface area contributed by atoms with Crippen LogP contribution in [-0.2, 0) is 9.59 Å². The van der Waals surface area contributed by atoms with Gasteiger partial charge in [0.1, 0.15) is 5.75 Å². The van der Waals surface area contributed by atoms with Gasteiger partial charge in [-0.2, -0.15) is 0 Å². The number of carbonyl (C=O) groups is 2. The number of fused-ring (bicyclic) bond motifs is 1. The van der Waals surface area contributed by atoms with Crippen LogP contribution in [0.25, 0.3) is 10.8 Å². The van der Waals surface area contributed by atoms with Crippen molar-refractivity contribution >= 4 is 22.7 Å². The van der Waals surface area contributed by atoms with Crippen molar-refractivity contribution in [2.24, 2.45) is 0 Å². The van der Waals surface area contributed by atoms with Crippen molar-refractivity contribution < 1.29 is 24.5 Å². The molecule has 0 aromatic heterocycles. The summed E-state index contributed by atoms with van der Waals surface area (Å²) < 4.78 is 5.18. The predicted molar refractivity (Wildman–Crippen MR) is 70.4 cm³/mol. The quantitative estimate of drug-likeness (QED) is 0.887. The van der Waals surface area contributed by atoms with E-state index in [2.05, 4.69) is 0 Å². The maximum Gasteiger partial charge on any atom is 0.341 e. The highest BCUT2D eigenvalue weighted by Gasteiger charge is 2.03. The van der Waals surface area contributed by atoms with Gasteiger partial charge in [0.05, 0.1) is 0 Å². The SMILES string of the molecule is CC(=O)O.O=C(O)COc1cccc2ccccc12. The van der Waals surface area contributed by atoms with E-state index < -0.39 is 11.9 Å². The molecule has 2 rings (SSSR count). The Kier molecular flexibility index (Phi) is 5.35. The van der Waals surface area contributed by atoms with E-state index in [1.54, 1.807) is 6.07 Å². The number of rotatable bonds is 3. The summed E-state index contributed by atoms with van der Waals surface area (Å²) in [5.41, 5.74) is 0. The Hall–Kier alpha value is -2.56. The molecule has 2 aromatic rings. The van der Waals surface area contributed by atoms with E-state index in [0.717, 1.165) is 17.7 Å². The van der Waals surface area contributed by atoms with Crippen LogP contribution in [0.2, 0.25) is 0 Å². The number of carboxylic acids is 2. The van der Waals surface area contributed by atoms with E-state index in [1.165, 1.54) is 0 Å². The van der Waals surface area contributed by atoms with Crippen molar-refractivity contribution in [3.63, 3.8) is 0 Å². The molecule has 0 aliphatic rings. The minimum Gasteiger partial charge on any atom is -0.481 e. The normalized spacial score (nSPS) is 9.32. The van der Waals surface area contributed by atoms with Gasteiger partial charge in [-0.1, -0.05) is 36.4 Å². The van der Waals surface area contributed by atoms with Crippen molar-refractivity contribution in [3.05, 3.63) is 42.5 Å². The van der Waals surface area contributed by atoms with Gasteiger partial charge in [-0.25, -0.2) is 4.79 Å². The highest BCUT2D eigenvalue weighted by molar-refractivity contribution is 5.88. The van der Waals surface area contributed by atoms with E-state index in [0.29, 0.717) is 5.75 Å². The molecule has 0 unspecified atom stereocenters. The van der Waals surface area contributed by atoms with Gasteiger partial charge >= 0.3 is 5.97 Å². The molecule has 0 amide bonds.